The molecule has 96 valence electrons. The van der Waals surface area contributed by atoms with Crippen LogP contribution in [0.15, 0.2) is 12.1 Å². The summed E-state index contributed by atoms with van der Waals surface area (Å²) in [5, 5.41) is 9.72. The predicted molar refractivity (Wildman–Crippen MR) is 73.8 cm³/mol. The zero-order valence-corrected chi connectivity index (χ0v) is 11.8. The molecule has 1 aromatic carbocycles. The van der Waals surface area contributed by atoms with Crippen molar-refractivity contribution in [1.82, 2.24) is 9.55 Å². The van der Waals surface area contributed by atoms with Gasteiger partial charge in [-0.3, -0.25) is 0 Å². The average molecular weight is 265 g/mol. The van der Waals surface area contributed by atoms with E-state index in [1.807, 2.05) is 11.6 Å². The van der Waals surface area contributed by atoms with Crippen molar-refractivity contribution in [1.29, 1.82) is 0 Å². The lowest BCUT2D eigenvalue weighted by molar-refractivity contribution is 0.277. The van der Waals surface area contributed by atoms with Gasteiger partial charge in [0.1, 0.15) is 16.7 Å². The van der Waals surface area contributed by atoms with Crippen LogP contribution in [0.3, 0.4) is 0 Å². The van der Waals surface area contributed by atoms with Gasteiger partial charge in [-0.25, -0.2) is 4.98 Å². The Kier molecular flexibility index (Phi) is 3.46. The molecule has 1 heterocycles. The van der Waals surface area contributed by atoms with Crippen molar-refractivity contribution in [2.24, 2.45) is 7.05 Å². The summed E-state index contributed by atoms with van der Waals surface area (Å²) >= 11 is 6.14. The molecule has 0 aliphatic rings. The van der Waals surface area contributed by atoms with Crippen molar-refractivity contribution in [3.05, 3.63) is 39.7 Å². The van der Waals surface area contributed by atoms with Crippen LogP contribution in [0.2, 0.25) is 5.15 Å². The molecule has 0 aliphatic carbocycles. The second-order valence-corrected chi connectivity index (χ2v) is 5.02. The Labute approximate surface area is 112 Å². The van der Waals surface area contributed by atoms with Crippen molar-refractivity contribution in [2.45, 2.75) is 27.4 Å². The molecule has 2 aromatic rings. The highest BCUT2D eigenvalue weighted by Crippen LogP contribution is 2.30. The fourth-order valence-corrected chi connectivity index (χ4v) is 2.57. The molecule has 0 radical (unpaired) electrons. The maximum absolute atomic E-state index is 9.23. The summed E-state index contributed by atoms with van der Waals surface area (Å²) in [5.74, 6) is 0.805. The average Bonchev–Trinajstić information content (AvgIpc) is 2.56. The number of aromatic nitrogens is 2. The van der Waals surface area contributed by atoms with Crippen LogP contribution >= 0.6 is 11.6 Å². The molecule has 1 N–H and O–H groups in total. The first-order valence-corrected chi connectivity index (χ1v) is 6.23. The van der Waals surface area contributed by atoms with Gasteiger partial charge in [0.05, 0.1) is 6.61 Å². The largest absolute Gasteiger partial charge is 0.390 e. The molecule has 3 nitrogen and oxygen atoms in total. The summed E-state index contributed by atoms with van der Waals surface area (Å²) in [6.45, 7) is 6.07. The Hall–Kier alpha value is -1.32. The number of aliphatic hydroxyl groups excluding tert-OH is 1. The molecule has 0 bridgehead atoms. The van der Waals surface area contributed by atoms with E-state index in [9.17, 15) is 5.11 Å². The van der Waals surface area contributed by atoms with E-state index in [-0.39, 0.29) is 6.61 Å². The Morgan fingerprint density at radius 2 is 1.78 bits per heavy atom. The van der Waals surface area contributed by atoms with Crippen molar-refractivity contribution >= 4 is 11.6 Å². The molecule has 0 spiro atoms. The zero-order valence-electron chi connectivity index (χ0n) is 11.1. The fourth-order valence-electron chi connectivity index (χ4n) is 2.39. The lowest BCUT2D eigenvalue weighted by Gasteiger charge is -2.11. The third kappa shape index (κ3) is 2.04. The first kappa shape index (κ1) is 13.1. The van der Waals surface area contributed by atoms with Gasteiger partial charge in [0, 0.05) is 12.6 Å². The van der Waals surface area contributed by atoms with Crippen LogP contribution in [0.4, 0.5) is 0 Å². The van der Waals surface area contributed by atoms with Crippen molar-refractivity contribution in [2.75, 3.05) is 0 Å². The molecule has 0 saturated heterocycles. The highest BCUT2D eigenvalue weighted by atomic mass is 35.5. The summed E-state index contributed by atoms with van der Waals surface area (Å²) in [7, 11) is 1.86. The number of hydrogen-bond donors (Lipinski definition) is 1. The van der Waals surface area contributed by atoms with E-state index in [1.54, 1.807) is 0 Å². The predicted octanol–water partition coefficient (Wildman–Crippen LogP) is 3.16. The summed E-state index contributed by atoms with van der Waals surface area (Å²) in [6, 6.07) is 4.26. The highest BCUT2D eigenvalue weighted by Gasteiger charge is 2.17. The Bertz CT molecular complexity index is 579. The molecule has 0 saturated carbocycles. The van der Waals surface area contributed by atoms with E-state index >= 15 is 0 Å². The summed E-state index contributed by atoms with van der Waals surface area (Å²) in [5.41, 5.74) is 5.18. The molecule has 1 aromatic heterocycles. The molecule has 0 aliphatic heterocycles. The normalized spacial score (nSPS) is 11.0. The third-order valence-corrected chi connectivity index (χ3v) is 3.61. The fraction of sp³-hybridized carbons (Fsp3) is 0.357. The number of halogens is 1. The molecule has 0 atom stereocenters. The summed E-state index contributed by atoms with van der Waals surface area (Å²) < 4.78 is 1.82. The number of imidazole rings is 1. The van der Waals surface area contributed by atoms with Gasteiger partial charge in [0.15, 0.2) is 0 Å². The van der Waals surface area contributed by atoms with Gasteiger partial charge in [0.2, 0.25) is 0 Å². The van der Waals surface area contributed by atoms with Crippen molar-refractivity contribution in [3.8, 4) is 11.4 Å². The van der Waals surface area contributed by atoms with Crippen LogP contribution in [0.5, 0.6) is 0 Å². The first-order valence-electron chi connectivity index (χ1n) is 5.86. The van der Waals surface area contributed by atoms with Gasteiger partial charge in [-0.05, 0) is 31.9 Å². The number of aliphatic hydroxyl groups is 1. The van der Waals surface area contributed by atoms with Crippen molar-refractivity contribution < 1.29 is 5.11 Å². The molecule has 18 heavy (non-hydrogen) atoms. The smallest absolute Gasteiger partial charge is 0.141 e. The minimum Gasteiger partial charge on any atom is -0.390 e. The lowest BCUT2D eigenvalue weighted by Crippen LogP contribution is -1.97. The van der Waals surface area contributed by atoms with Crippen LogP contribution in [-0.2, 0) is 13.7 Å². The lowest BCUT2D eigenvalue weighted by atomic mass is 9.99. The Morgan fingerprint density at radius 3 is 2.22 bits per heavy atom. The minimum atomic E-state index is -0.142. The number of aryl methyl sites for hydroxylation is 3. The molecule has 0 amide bonds. The van der Waals surface area contributed by atoms with E-state index in [1.165, 1.54) is 16.7 Å². The number of hydrogen-bond acceptors (Lipinski definition) is 2. The Balaban J connectivity index is 2.70. The second kappa shape index (κ2) is 4.75. The maximum atomic E-state index is 9.23. The molecular formula is C14H17ClN2O. The van der Waals surface area contributed by atoms with Gasteiger partial charge >= 0.3 is 0 Å². The zero-order chi connectivity index (χ0) is 13.4. The van der Waals surface area contributed by atoms with Gasteiger partial charge in [-0.15, -0.1) is 0 Å². The van der Waals surface area contributed by atoms with Gasteiger partial charge < -0.3 is 9.67 Å². The topological polar surface area (TPSA) is 38.1 Å². The molecule has 2 rings (SSSR count). The van der Waals surface area contributed by atoms with Gasteiger partial charge in [0.25, 0.3) is 0 Å². The van der Waals surface area contributed by atoms with Crippen molar-refractivity contribution in [3.63, 3.8) is 0 Å². The van der Waals surface area contributed by atoms with Crippen LogP contribution < -0.4 is 0 Å². The van der Waals surface area contributed by atoms with Gasteiger partial charge in [-0.2, -0.15) is 0 Å². The van der Waals surface area contributed by atoms with E-state index in [4.69, 9.17) is 11.6 Å². The Morgan fingerprint density at radius 1 is 1.22 bits per heavy atom. The van der Waals surface area contributed by atoms with Crippen LogP contribution in [0.25, 0.3) is 11.4 Å². The summed E-state index contributed by atoms with van der Waals surface area (Å²) in [6.07, 6.45) is 0. The number of benzene rings is 1. The molecule has 4 heteroatoms. The van der Waals surface area contributed by atoms with Gasteiger partial charge in [-0.1, -0.05) is 29.3 Å². The standard InChI is InChI=1S/C14H17ClN2O/c1-8-5-9(2)12(10(3)6-8)14-16-11(7-18)13(15)17(14)4/h5-6,18H,7H2,1-4H3. The maximum Gasteiger partial charge on any atom is 0.141 e. The first-order chi connectivity index (χ1) is 8.45. The third-order valence-electron chi connectivity index (χ3n) is 3.14. The molecule has 0 unspecified atom stereocenters. The number of nitrogens with zero attached hydrogens (tertiary/aromatic N) is 2. The SMILES string of the molecule is Cc1cc(C)c(-c2nc(CO)c(Cl)n2C)c(C)c1. The van der Waals surface area contributed by atoms with E-state index in [2.05, 4.69) is 37.9 Å². The number of rotatable bonds is 2. The van der Waals surface area contributed by atoms with E-state index in [0.717, 1.165) is 11.4 Å². The molecular weight excluding hydrogens is 248 g/mol. The molecule has 0 fully saturated rings. The van der Waals surface area contributed by atoms with Crippen LogP contribution in [-0.4, -0.2) is 14.7 Å². The van der Waals surface area contributed by atoms with E-state index in [0.29, 0.717) is 10.8 Å². The quantitative estimate of drug-likeness (QED) is 0.905. The van der Waals surface area contributed by atoms with Crippen LogP contribution in [0, 0.1) is 20.8 Å². The minimum absolute atomic E-state index is 0.142. The second-order valence-electron chi connectivity index (χ2n) is 4.66. The van der Waals surface area contributed by atoms with Crippen LogP contribution in [0.1, 0.15) is 22.4 Å². The summed E-state index contributed by atoms with van der Waals surface area (Å²) in [4.78, 5) is 4.43. The van der Waals surface area contributed by atoms with E-state index < -0.39 is 0 Å². The highest BCUT2D eigenvalue weighted by molar-refractivity contribution is 6.30. The monoisotopic (exact) mass is 264 g/mol.